The third-order valence-corrected chi connectivity index (χ3v) is 6.64. The number of amides is 1. The maximum Gasteiger partial charge on any atom is 0.300 e. The third kappa shape index (κ3) is 2.36. The summed E-state index contributed by atoms with van der Waals surface area (Å²) in [7, 11) is 3.04. The molecule has 4 aromatic rings. The SMILES string of the molecule is COc1ccc2c(c1OC)C(=O)N1c3ccccc3-c3nc(=O)c(-c4cccs4)nn3[C@H]21. The molecule has 0 saturated heterocycles. The zero-order valence-corrected chi connectivity index (χ0v) is 17.9. The predicted molar refractivity (Wildman–Crippen MR) is 120 cm³/mol. The van der Waals surface area contributed by atoms with Gasteiger partial charge in [0, 0.05) is 11.1 Å². The zero-order chi connectivity index (χ0) is 22.0. The van der Waals surface area contributed by atoms with E-state index in [1.807, 2.05) is 47.8 Å². The molecule has 0 N–H and O–H groups in total. The van der Waals surface area contributed by atoms with Crippen molar-refractivity contribution in [2.45, 2.75) is 6.17 Å². The molecule has 0 saturated carbocycles. The number of nitrogens with zero attached hydrogens (tertiary/aromatic N) is 4. The van der Waals surface area contributed by atoms with Crippen molar-refractivity contribution in [2.24, 2.45) is 0 Å². The fourth-order valence-corrected chi connectivity index (χ4v) is 5.12. The van der Waals surface area contributed by atoms with Crippen molar-refractivity contribution >= 4 is 22.9 Å². The summed E-state index contributed by atoms with van der Waals surface area (Å²) in [6.07, 6.45) is -0.603. The number of para-hydroxylation sites is 1. The van der Waals surface area contributed by atoms with Gasteiger partial charge >= 0.3 is 5.56 Å². The van der Waals surface area contributed by atoms with E-state index in [1.54, 1.807) is 15.6 Å². The Hall–Kier alpha value is -3.98. The number of anilines is 1. The van der Waals surface area contributed by atoms with E-state index in [0.29, 0.717) is 39.7 Å². The molecule has 1 amide bonds. The number of thiophene rings is 1. The number of aromatic nitrogens is 3. The van der Waals surface area contributed by atoms with Crippen LogP contribution in [0.1, 0.15) is 22.1 Å². The zero-order valence-electron chi connectivity index (χ0n) is 17.1. The van der Waals surface area contributed by atoms with Crippen LogP contribution in [0, 0.1) is 0 Å². The molecule has 0 fully saturated rings. The number of carbonyl (C=O) groups excluding carboxylic acids is 1. The van der Waals surface area contributed by atoms with Crippen molar-refractivity contribution < 1.29 is 14.3 Å². The first-order valence-corrected chi connectivity index (χ1v) is 10.7. The van der Waals surface area contributed by atoms with E-state index in [4.69, 9.17) is 14.6 Å². The van der Waals surface area contributed by atoms with Crippen molar-refractivity contribution in [2.75, 3.05) is 19.1 Å². The topological polar surface area (TPSA) is 86.6 Å². The predicted octanol–water partition coefficient (Wildman–Crippen LogP) is 3.57. The largest absolute Gasteiger partial charge is 0.493 e. The van der Waals surface area contributed by atoms with E-state index in [-0.39, 0.29) is 11.6 Å². The maximum absolute atomic E-state index is 13.7. The molecular weight excluding hydrogens is 428 g/mol. The number of rotatable bonds is 3. The molecular formula is C23H16N4O4S. The quantitative estimate of drug-likeness (QED) is 0.480. The molecule has 8 nitrogen and oxygen atoms in total. The van der Waals surface area contributed by atoms with Gasteiger partial charge in [-0.1, -0.05) is 24.3 Å². The van der Waals surface area contributed by atoms with Gasteiger partial charge in [-0.3, -0.25) is 14.5 Å². The lowest BCUT2D eigenvalue weighted by Gasteiger charge is -2.34. The highest BCUT2D eigenvalue weighted by Gasteiger charge is 2.47. The molecule has 0 radical (unpaired) electrons. The van der Waals surface area contributed by atoms with E-state index in [0.717, 1.165) is 4.88 Å². The van der Waals surface area contributed by atoms with Crippen LogP contribution in [0.3, 0.4) is 0 Å². The minimum absolute atomic E-state index is 0.225. The lowest BCUT2D eigenvalue weighted by atomic mass is 10.0. The second-order valence-corrected chi connectivity index (χ2v) is 8.29. The van der Waals surface area contributed by atoms with Gasteiger partial charge in [0.1, 0.15) is 0 Å². The highest BCUT2D eigenvalue weighted by Crippen LogP contribution is 2.50. The lowest BCUT2D eigenvalue weighted by molar-refractivity contribution is 0.0983. The Morgan fingerprint density at radius 3 is 2.59 bits per heavy atom. The van der Waals surface area contributed by atoms with Crippen LogP contribution in [-0.2, 0) is 0 Å². The molecule has 0 bridgehead atoms. The van der Waals surface area contributed by atoms with Gasteiger partial charge in [0.25, 0.3) is 5.91 Å². The third-order valence-electron chi connectivity index (χ3n) is 5.76. The van der Waals surface area contributed by atoms with Gasteiger partial charge < -0.3 is 9.47 Å². The molecule has 2 aliphatic heterocycles. The number of ether oxygens (including phenoxy) is 2. The van der Waals surface area contributed by atoms with E-state index in [1.165, 1.54) is 25.6 Å². The van der Waals surface area contributed by atoms with Crippen LogP contribution in [-0.4, -0.2) is 34.9 Å². The molecule has 6 rings (SSSR count). The number of fused-ring (bicyclic) bond motifs is 8. The van der Waals surface area contributed by atoms with Crippen LogP contribution >= 0.6 is 11.3 Å². The Balaban J connectivity index is 1.69. The van der Waals surface area contributed by atoms with Gasteiger partial charge in [-0.05, 0) is 29.6 Å². The summed E-state index contributed by atoms with van der Waals surface area (Å²) < 4.78 is 12.6. The summed E-state index contributed by atoms with van der Waals surface area (Å²) in [5.74, 6) is 1.04. The van der Waals surface area contributed by atoms with Crippen LogP contribution in [0.4, 0.5) is 5.69 Å². The molecule has 9 heteroatoms. The van der Waals surface area contributed by atoms with Crippen molar-refractivity contribution in [3.63, 3.8) is 0 Å². The van der Waals surface area contributed by atoms with Crippen LogP contribution in [0.2, 0.25) is 0 Å². The first-order valence-electron chi connectivity index (χ1n) is 9.86. The first kappa shape index (κ1) is 18.8. The fraction of sp³-hybridized carbons (Fsp3) is 0.130. The summed E-state index contributed by atoms with van der Waals surface area (Å²) in [5, 5.41) is 6.60. The summed E-state index contributed by atoms with van der Waals surface area (Å²) >= 11 is 1.42. The second-order valence-electron chi connectivity index (χ2n) is 7.34. The molecule has 158 valence electrons. The van der Waals surface area contributed by atoms with Gasteiger partial charge in [0.2, 0.25) is 0 Å². The molecule has 2 aliphatic rings. The number of hydrogen-bond acceptors (Lipinski definition) is 7. The summed E-state index contributed by atoms with van der Waals surface area (Å²) in [5.41, 5.74) is 2.30. The Morgan fingerprint density at radius 1 is 1.00 bits per heavy atom. The van der Waals surface area contributed by atoms with Crippen LogP contribution in [0.25, 0.3) is 22.0 Å². The highest BCUT2D eigenvalue weighted by atomic mass is 32.1. The number of benzene rings is 2. The summed E-state index contributed by atoms with van der Waals surface area (Å²) in [6, 6.07) is 14.7. The van der Waals surface area contributed by atoms with Crippen LogP contribution < -0.4 is 19.9 Å². The molecule has 4 heterocycles. The average Bonchev–Trinajstić information content (AvgIpc) is 3.45. The summed E-state index contributed by atoms with van der Waals surface area (Å²) in [4.78, 5) is 33.4. The minimum atomic E-state index is -0.603. The molecule has 0 aliphatic carbocycles. The Morgan fingerprint density at radius 2 is 1.84 bits per heavy atom. The van der Waals surface area contributed by atoms with Gasteiger partial charge in [-0.2, -0.15) is 10.1 Å². The normalized spacial score (nSPS) is 15.6. The van der Waals surface area contributed by atoms with E-state index >= 15 is 0 Å². The van der Waals surface area contributed by atoms with Gasteiger partial charge in [-0.25, -0.2) is 4.68 Å². The van der Waals surface area contributed by atoms with Crippen LogP contribution in [0.5, 0.6) is 11.5 Å². The fourth-order valence-electron chi connectivity index (χ4n) is 4.42. The molecule has 0 spiro atoms. The highest BCUT2D eigenvalue weighted by molar-refractivity contribution is 7.13. The van der Waals surface area contributed by atoms with E-state index in [9.17, 15) is 9.59 Å². The molecule has 2 aromatic carbocycles. The smallest absolute Gasteiger partial charge is 0.300 e. The number of carbonyl (C=O) groups is 1. The Labute approximate surface area is 186 Å². The lowest BCUT2D eigenvalue weighted by Crippen LogP contribution is -2.39. The average molecular weight is 444 g/mol. The van der Waals surface area contributed by atoms with Crippen molar-refractivity contribution in [3.05, 3.63) is 75.4 Å². The van der Waals surface area contributed by atoms with Gasteiger partial charge in [0.15, 0.2) is 29.2 Å². The molecule has 1 atom stereocenters. The standard InChI is InChI=1S/C23H16N4O4S/c1-30-15-10-9-13-17(19(15)31-2)23(29)26-14-7-4-3-6-12(14)20-24-21(28)18(16-8-5-11-32-16)25-27(20)22(13)26/h3-11,22H,1-2H3/t22-/m1/s1. The first-order chi connectivity index (χ1) is 15.6. The number of hydrogen-bond donors (Lipinski definition) is 0. The van der Waals surface area contributed by atoms with Gasteiger partial charge in [-0.15, -0.1) is 11.3 Å². The second kappa shape index (κ2) is 6.76. The molecule has 2 aromatic heterocycles. The van der Waals surface area contributed by atoms with E-state index in [2.05, 4.69) is 4.98 Å². The van der Waals surface area contributed by atoms with Crippen molar-refractivity contribution in [1.82, 2.24) is 14.8 Å². The van der Waals surface area contributed by atoms with Gasteiger partial charge in [0.05, 0.1) is 30.3 Å². The Bertz CT molecular complexity index is 1460. The minimum Gasteiger partial charge on any atom is -0.493 e. The monoisotopic (exact) mass is 444 g/mol. The number of methoxy groups -OCH3 is 2. The molecule has 0 unspecified atom stereocenters. The van der Waals surface area contributed by atoms with Crippen molar-refractivity contribution in [3.8, 4) is 33.5 Å². The molecule has 32 heavy (non-hydrogen) atoms. The van der Waals surface area contributed by atoms with Crippen LogP contribution in [0.15, 0.2) is 58.7 Å². The Kier molecular flexibility index (Phi) is 3.96. The maximum atomic E-state index is 13.7. The summed E-state index contributed by atoms with van der Waals surface area (Å²) in [6.45, 7) is 0. The van der Waals surface area contributed by atoms with E-state index < -0.39 is 11.7 Å². The van der Waals surface area contributed by atoms with Crippen molar-refractivity contribution in [1.29, 1.82) is 0 Å².